The fourth-order valence-corrected chi connectivity index (χ4v) is 3.22. The number of aromatic nitrogens is 2. The van der Waals surface area contributed by atoms with Gasteiger partial charge in [-0.05, 0) is 39.7 Å². The summed E-state index contributed by atoms with van der Waals surface area (Å²) in [6.45, 7) is 16.2. The molecule has 1 aromatic heterocycles. The summed E-state index contributed by atoms with van der Waals surface area (Å²) in [6, 6.07) is 2.90. The van der Waals surface area contributed by atoms with Gasteiger partial charge in [0.2, 0.25) is 0 Å². The summed E-state index contributed by atoms with van der Waals surface area (Å²) in [5, 5.41) is 4.57. The minimum absolute atomic E-state index is 0.122. The lowest BCUT2D eigenvalue weighted by atomic mass is 10.1. The van der Waals surface area contributed by atoms with Gasteiger partial charge in [0.1, 0.15) is 5.69 Å². The van der Waals surface area contributed by atoms with Crippen molar-refractivity contribution in [1.82, 2.24) is 19.6 Å². The van der Waals surface area contributed by atoms with Crippen LogP contribution in [0, 0.1) is 0 Å². The van der Waals surface area contributed by atoms with E-state index in [0.29, 0.717) is 18.0 Å². The molecule has 2 heterocycles. The van der Waals surface area contributed by atoms with Crippen molar-refractivity contribution in [2.75, 3.05) is 19.6 Å². The van der Waals surface area contributed by atoms with Gasteiger partial charge in [0, 0.05) is 38.3 Å². The number of carbonyl (C=O) groups is 1. The Bertz CT molecular complexity index is 521. The van der Waals surface area contributed by atoms with Crippen LogP contribution in [0.1, 0.15) is 63.6 Å². The fraction of sp³-hybridized carbons (Fsp3) is 0.765. The third kappa shape index (κ3) is 3.35. The number of aryl methyl sites for hydroxylation is 1. The van der Waals surface area contributed by atoms with Crippen molar-refractivity contribution in [1.29, 1.82) is 0 Å². The molecule has 1 aliphatic rings. The lowest BCUT2D eigenvalue weighted by molar-refractivity contribution is 0.0417. The lowest BCUT2D eigenvalue weighted by Crippen LogP contribution is -2.55. The normalized spacial score (nSPS) is 20.2. The molecule has 0 unspecified atom stereocenters. The van der Waals surface area contributed by atoms with Crippen molar-refractivity contribution >= 4 is 5.91 Å². The van der Waals surface area contributed by atoms with E-state index in [1.807, 2.05) is 22.6 Å². The Balaban J connectivity index is 2.15. The molecular weight excluding hydrogens is 276 g/mol. The molecule has 5 nitrogen and oxygen atoms in total. The number of rotatable bonds is 4. The molecule has 1 aromatic rings. The average Bonchev–Trinajstić information content (AvgIpc) is 2.90. The van der Waals surface area contributed by atoms with E-state index in [0.717, 1.165) is 37.6 Å². The Hall–Kier alpha value is -1.36. The first-order valence-corrected chi connectivity index (χ1v) is 8.47. The second-order valence-electron chi connectivity index (χ2n) is 6.86. The predicted molar refractivity (Wildman–Crippen MR) is 89.2 cm³/mol. The molecule has 1 fully saturated rings. The first-order chi connectivity index (χ1) is 10.3. The van der Waals surface area contributed by atoms with E-state index < -0.39 is 0 Å². The van der Waals surface area contributed by atoms with E-state index in [1.165, 1.54) is 0 Å². The van der Waals surface area contributed by atoms with Crippen LogP contribution in [-0.2, 0) is 6.54 Å². The zero-order valence-electron chi connectivity index (χ0n) is 14.8. The first kappa shape index (κ1) is 17.0. The van der Waals surface area contributed by atoms with E-state index in [2.05, 4.69) is 44.6 Å². The van der Waals surface area contributed by atoms with Crippen LogP contribution in [0.2, 0.25) is 0 Å². The van der Waals surface area contributed by atoms with E-state index in [4.69, 9.17) is 0 Å². The molecule has 0 saturated carbocycles. The van der Waals surface area contributed by atoms with Crippen molar-refractivity contribution < 1.29 is 4.79 Å². The van der Waals surface area contributed by atoms with Crippen LogP contribution >= 0.6 is 0 Å². The van der Waals surface area contributed by atoms with Gasteiger partial charge in [0.15, 0.2) is 0 Å². The molecule has 0 N–H and O–H groups in total. The second-order valence-corrected chi connectivity index (χ2v) is 6.86. The topological polar surface area (TPSA) is 41.4 Å². The van der Waals surface area contributed by atoms with E-state index in [9.17, 15) is 4.79 Å². The maximum atomic E-state index is 12.9. The second kappa shape index (κ2) is 6.82. The molecule has 0 aromatic carbocycles. The largest absolute Gasteiger partial charge is 0.334 e. The monoisotopic (exact) mass is 306 g/mol. The van der Waals surface area contributed by atoms with E-state index >= 15 is 0 Å². The van der Waals surface area contributed by atoms with Crippen molar-refractivity contribution in [2.45, 2.75) is 66.1 Å². The van der Waals surface area contributed by atoms with Crippen molar-refractivity contribution in [2.24, 2.45) is 0 Å². The SMILES string of the molecule is CCn1nc(C(C)C)cc1C(=O)N1CCN(C(C)C)[C@H](C)C1. The van der Waals surface area contributed by atoms with Gasteiger partial charge in [-0.1, -0.05) is 13.8 Å². The zero-order valence-corrected chi connectivity index (χ0v) is 14.8. The van der Waals surface area contributed by atoms with Crippen LogP contribution in [-0.4, -0.2) is 57.2 Å². The summed E-state index contributed by atoms with van der Waals surface area (Å²) in [5.74, 6) is 0.465. The Morgan fingerprint density at radius 2 is 2.00 bits per heavy atom. The molecule has 22 heavy (non-hydrogen) atoms. The number of carbonyl (C=O) groups excluding carboxylic acids is 1. The van der Waals surface area contributed by atoms with Crippen LogP contribution in [0.5, 0.6) is 0 Å². The number of amides is 1. The van der Waals surface area contributed by atoms with E-state index in [-0.39, 0.29) is 5.91 Å². The van der Waals surface area contributed by atoms with Gasteiger partial charge in [-0.2, -0.15) is 5.10 Å². The fourth-order valence-electron chi connectivity index (χ4n) is 3.22. The smallest absolute Gasteiger partial charge is 0.272 e. The summed E-state index contributed by atoms with van der Waals surface area (Å²) in [4.78, 5) is 17.3. The molecule has 0 spiro atoms. The maximum Gasteiger partial charge on any atom is 0.272 e. The third-order valence-electron chi connectivity index (χ3n) is 4.54. The molecule has 0 radical (unpaired) electrons. The molecule has 124 valence electrons. The minimum atomic E-state index is 0.122. The number of piperazine rings is 1. The van der Waals surface area contributed by atoms with Crippen LogP contribution in [0.3, 0.4) is 0 Å². The molecule has 1 saturated heterocycles. The molecular formula is C17H30N4O. The van der Waals surface area contributed by atoms with Crippen molar-refractivity contribution in [3.8, 4) is 0 Å². The highest BCUT2D eigenvalue weighted by atomic mass is 16.2. The molecule has 5 heteroatoms. The van der Waals surface area contributed by atoms with Gasteiger partial charge in [-0.15, -0.1) is 0 Å². The summed E-state index contributed by atoms with van der Waals surface area (Å²) < 4.78 is 1.84. The molecule has 1 aliphatic heterocycles. The third-order valence-corrected chi connectivity index (χ3v) is 4.54. The van der Waals surface area contributed by atoms with Crippen molar-refractivity contribution in [3.05, 3.63) is 17.5 Å². The highest BCUT2D eigenvalue weighted by Gasteiger charge is 2.30. The predicted octanol–water partition coefficient (Wildman–Crippen LogP) is 2.58. The van der Waals surface area contributed by atoms with Gasteiger partial charge in [-0.3, -0.25) is 14.4 Å². The lowest BCUT2D eigenvalue weighted by Gasteiger charge is -2.42. The van der Waals surface area contributed by atoms with Crippen LogP contribution in [0.15, 0.2) is 6.07 Å². The molecule has 2 rings (SSSR count). The van der Waals surface area contributed by atoms with Gasteiger partial charge < -0.3 is 4.90 Å². The minimum Gasteiger partial charge on any atom is -0.334 e. The zero-order chi connectivity index (χ0) is 16.4. The highest BCUT2D eigenvalue weighted by Crippen LogP contribution is 2.19. The number of hydrogen-bond donors (Lipinski definition) is 0. The molecule has 1 amide bonds. The molecule has 0 bridgehead atoms. The van der Waals surface area contributed by atoms with Gasteiger partial charge in [-0.25, -0.2) is 0 Å². The van der Waals surface area contributed by atoms with E-state index in [1.54, 1.807) is 0 Å². The Kier molecular flexibility index (Phi) is 5.27. The number of nitrogens with zero attached hydrogens (tertiary/aromatic N) is 4. The summed E-state index contributed by atoms with van der Waals surface area (Å²) in [5.41, 5.74) is 1.73. The van der Waals surface area contributed by atoms with Crippen LogP contribution in [0.25, 0.3) is 0 Å². The van der Waals surface area contributed by atoms with Gasteiger partial charge >= 0.3 is 0 Å². The van der Waals surface area contributed by atoms with Gasteiger partial charge in [0.05, 0.1) is 5.69 Å². The summed E-state index contributed by atoms with van der Waals surface area (Å²) in [6.07, 6.45) is 0. The molecule has 1 atom stereocenters. The maximum absolute atomic E-state index is 12.9. The quantitative estimate of drug-likeness (QED) is 0.858. The van der Waals surface area contributed by atoms with Crippen molar-refractivity contribution in [3.63, 3.8) is 0 Å². The number of hydrogen-bond acceptors (Lipinski definition) is 3. The van der Waals surface area contributed by atoms with Crippen LogP contribution < -0.4 is 0 Å². The Morgan fingerprint density at radius 3 is 2.50 bits per heavy atom. The average molecular weight is 306 g/mol. The van der Waals surface area contributed by atoms with Gasteiger partial charge in [0.25, 0.3) is 5.91 Å². The summed E-state index contributed by atoms with van der Waals surface area (Å²) >= 11 is 0. The summed E-state index contributed by atoms with van der Waals surface area (Å²) in [7, 11) is 0. The standard InChI is InChI=1S/C17H30N4O/c1-7-21-16(10-15(18-21)12(2)3)17(22)19-8-9-20(13(4)5)14(6)11-19/h10,12-14H,7-9,11H2,1-6H3/t14-/m1/s1. The Morgan fingerprint density at radius 1 is 1.32 bits per heavy atom. The highest BCUT2D eigenvalue weighted by molar-refractivity contribution is 5.92. The van der Waals surface area contributed by atoms with Crippen LogP contribution in [0.4, 0.5) is 0 Å². The Labute approximate surface area is 134 Å². The first-order valence-electron chi connectivity index (χ1n) is 8.47. The molecule has 0 aliphatic carbocycles.